The molecule has 150 valence electrons. The van der Waals surface area contributed by atoms with E-state index in [1.54, 1.807) is 0 Å². The molecule has 0 aliphatic carbocycles. The molecule has 1 heterocycles. The first-order valence-electron chi connectivity index (χ1n) is 9.52. The first-order chi connectivity index (χ1) is 13.1. The van der Waals surface area contributed by atoms with E-state index in [1.807, 2.05) is 39.0 Å². The van der Waals surface area contributed by atoms with E-state index in [0.717, 1.165) is 51.3 Å². The van der Waals surface area contributed by atoms with E-state index >= 15 is 0 Å². The van der Waals surface area contributed by atoms with E-state index in [0.29, 0.717) is 18.1 Å². The lowest BCUT2D eigenvalue weighted by molar-refractivity contribution is -0.136. The maximum absolute atomic E-state index is 10.9. The average molecular weight is 403 g/mol. The van der Waals surface area contributed by atoms with Gasteiger partial charge < -0.3 is 14.6 Å². The van der Waals surface area contributed by atoms with Crippen LogP contribution < -0.4 is 9.47 Å². The van der Waals surface area contributed by atoms with E-state index in [4.69, 9.17) is 26.2 Å². The predicted molar refractivity (Wildman–Crippen MR) is 111 cm³/mol. The zero-order valence-electron chi connectivity index (χ0n) is 17.1. The Labute approximate surface area is 171 Å². The molecule has 1 aliphatic rings. The second kappa shape index (κ2) is 7.67. The Bertz CT molecular complexity index is 931. The fourth-order valence-corrected chi connectivity index (χ4v) is 4.13. The minimum absolute atomic E-state index is 0.127. The van der Waals surface area contributed by atoms with Crippen molar-refractivity contribution in [2.45, 2.75) is 66.1 Å². The minimum atomic E-state index is -0.784. The van der Waals surface area contributed by atoms with Crippen LogP contribution in [0.15, 0.2) is 18.2 Å². The zero-order valence-corrected chi connectivity index (χ0v) is 17.9. The number of halogens is 1. The minimum Gasteiger partial charge on any atom is -0.488 e. The van der Waals surface area contributed by atoms with Crippen molar-refractivity contribution in [1.82, 2.24) is 0 Å². The van der Waals surface area contributed by atoms with E-state index in [2.05, 4.69) is 13.8 Å². The van der Waals surface area contributed by atoms with Gasteiger partial charge in [-0.15, -0.1) is 0 Å². The fraction of sp³-hybridized carbons (Fsp3) is 0.435. The molecule has 0 fully saturated rings. The Morgan fingerprint density at radius 1 is 1.18 bits per heavy atom. The van der Waals surface area contributed by atoms with Crippen molar-refractivity contribution >= 4 is 17.6 Å². The summed E-state index contributed by atoms with van der Waals surface area (Å²) < 4.78 is 12.3. The number of hydrogen-bond acceptors (Lipinski definition) is 3. The number of benzene rings is 2. The number of ether oxygens (including phenoxy) is 2. The molecular formula is C23H27ClO4. The average Bonchev–Trinajstić information content (AvgIpc) is 2.90. The van der Waals surface area contributed by atoms with Crippen LogP contribution in [0.1, 0.15) is 53.6 Å². The monoisotopic (exact) mass is 402 g/mol. The van der Waals surface area contributed by atoms with Crippen molar-refractivity contribution in [2.75, 3.05) is 0 Å². The van der Waals surface area contributed by atoms with Gasteiger partial charge in [0.2, 0.25) is 0 Å². The summed E-state index contributed by atoms with van der Waals surface area (Å²) in [7, 11) is 0. The van der Waals surface area contributed by atoms with E-state index in [9.17, 15) is 4.79 Å². The molecular weight excluding hydrogens is 376 g/mol. The highest BCUT2D eigenvalue weighted by Gasteiger charge is 2.32. The Balaban J connectivity index is 1.85. The third kappa shape index (κ3) is 4.27. The summed E-state index contributed by atoms with van der Waals surface area (Å²) in [6, 6.07) is 5.90. The van der Waals surface area contributed by atoms with Crippen molar-refractivity contribution in [3.63, 3.8) is 0 Å². The van der Waals surface area contributed by atoms with Gasteiger partial charge in [-0.25, -0.2) is 0 Å². The summed E-state index contributed by atoms with van der Waals surface area (Å²) in [5, 5.41) is 9.65. The number of carboxylic acids is 1. The molecule has 4 nitrogen and oxygen atoms in total. The number of rotatable bonds is 6. The zero-order chi connectivity index (χ0) is 20.6. The third-order valence-corrected chi connectivity index (χ3v) is 5.53. The van der Waals surface area contributed by atoms with Crippen LogP contribution in [0, 0.1) is 20.8 Å². The molecule has 0 bridgehead atoms. The van der Waals surface area contributed by atoms with Gasteiger partial charge in [-0.2, -0.15) is 0 Å². The predicted octanol–water partition coefficient (Wildman–Crippen LogP) is 5.57. The molecule has 28 heavy (non-hydrogen) atoms. The topological polar surface area (TPSA) is 55.8 Å². The molecule has 1 N–H and O–H groups in total. The fourth-order valence-electron chi connectivity index (χ4n) is 3.87. The van der Waals surface area contributed by atoms with Gasteiger partial charge in [-0.05, 0) is 81.0 Å². The second-order valence-corrected chi connectivity index (χ2v) is 8.64. The summed E-state index contributed by atoms with van der Waals surface area (Å²) in [4.78, 5) is 10.9. The lowest BCUT2D eigenvalue weighted by atomic mass is 9.95. The molecule has 0 radical (unpaired) electrons. The van der Waals surface area contributed by atoms with Gasteiger partial charge in [0.05, 0.1) is 0 Å². The number of carboxylic acid groups (broad SMARTS) is 1. The molecule has 0 spiro atoms. The molecule has 2 aromatic rings. The molecule has 0 saturated carbocycles. The summed E-state index contributed by atoms with van der Waals surface area (Å²) in [5.41, 5.74) is 6.00. The first kappa shape index (κ1) is 20.5. The van der Waals surface area contributed by atoms with Gasteiger partial charge >= 0.3 is 5.97 Å². The van der Waals surface area contributed by atoms with Gasteiger partial charge in [-0.3, -0.25) is 4.79 Å². The van der Waals surface area contributed by atoms with E-state index in [1.165, 1.54) is 0 Å². The number of aliphatic carboxylic acids is 1. The summed E-state index contributed by atoms with van der Waals surface area (Å²) in [6.45, 7) is 10.5. The van der Waals surface area contributed by atoms with Crippen LogP contribution in [0.25, 0.3) is 0 Å². The van der Waals surface area contributed by atoms with Crippen LogP contribution in [0.5, 0.6) is 11.5 Å². The molecule has 1 aliphatic heterocycles. The van der Waals surface area contributed by atoms with Gasteiger partial charge in [0.25, 0.3) is 0 Å². The third-order valence-electron chi connectivity index (χ3n) is 5.32. The van der Waals surface area contributed by atoms with Crippen LogP contribution >= 0.6 is 11.6 Å². The molecule has 0 saturated heterocycles. The smallest absolute Gasteiger partial charge is 0.303 e. The highest BCUT2D eigenvalue weighted by Crippen LogP contribution is 2.40. The van der Waals surface area contributed by atoms with Crippen LogP contribution in [0.3, 0.4) is 0 Å². The van der Waals surface area contributed by atoms with Crippen molar-refractivity contribution in [3.05, 3.63) is 56.6 Å². The van der Waals surface area contributed by atoms with Crippen molar-refractivity contribution in [1.29, 1.82) is 0 Å². The van der Waals surface area contributed by atoms with Gasteiger partial charge in [0.15, 0.2) is 0 Å². The maximum atomic E-state index is 10.9. The van der Waals surface area contributed by atoms with Gasteiger partial charge in [0.1, 0.15) is 23.7 Å². The maximum Gasteiger partial charge on any atom is 0.303 e. The number of carbonyl (C=O) groups is 1. The van der Waals surface area contributed by atoms with Gasteiger partial charge in [0, 0.05) is 23.4 Å². The van der Waals surface area contributed by atoms with Crippen molar-refractivity contribution < 1.29 is 19.4 Å². The Morgan fingerprint density at radius 3 is 2.57 bits per heavy atom. The Morgan fingerprint density at radius 2 is 1.89 bits per heavy atom. The molecule has 0 amide bonds. The largest absolute Gasteiger partial charge is 0.488 e. The summed E-state index contributed by atoms with van der Waals surface area (Å²) in [6.07, 6.45) is 1.47. The van der Waals surface area contributed by atoms with E-state index < -0.39 is 5.97 Å². The summed E-state index contributed by atoms with van der Waals surface area (Å²) in [5.74, 6) is 0.926. The van der Waals surface area contributed by atoms with Crippen molar-refractivity contribution in [2.24, 2.45) is 0 Å². The Kier molecular flexibility index (Phi) is 5.62. The van der Waals surface area contributed by atoms with Crippen LogP contribution in [-0.2, 0) is 24.2 Å². The molecule has 0 unspecified atom stereocenters. The normalized spacial score (nSPS) is 14.5. The Hall–Kier alpha value is -2.20. The quantitative estimate of drug-likeness (QED) is 0.685. The van der Waals surface area contributed by atoms with Gasteiger partial charge in [-0.1, -0.05) is 17.7 Å². The number of fused-ring (bicyclic) bond motifs is 1. The molecule has 5 heteroatoms. The molecule has 0 aromatic heterocycles. The lowest BCUT2D eigenvalue weighted by Crippen LogP contribution is -2.25. The highest BCUT2D eigenvalue weighted by atomic mass is 35.5. The van der Waals surface area contributed by atoms with Crippen LogP contribution in [-0.4, -0.2) is 16.7 Å². The lowest BCUT2D eigenvalue weighted by Gasteiger charge is -2.20. The number of aryl methyl sites for hydroxylation is 2. The number of hydrogen-bond donors (Lipinski definition) is 1. The molecule has 2 aromatic carbocycles. The molecule has 3 rings (SSSR count). The standard InChI is InChI=1S/C23H27ClO4/c1-13-8-16(6-7-20(25)26)14(2)15(3)21(13)27-12-18-10-19(24)9-17-11-23(4,5)28-22(17)18/h8-10H,6-7,11-12H2,1-5H3,(H,25,26). The SMILES string of the molecule is Cc1cc(CCC(=O)O)c(C)c(C)c1OCc1cc(Cl)cc2c1OC(C)(C)C2. The first-order valence-corrected chi connectivity index (χ1v) is 9.90. The van der Waals surface area contributed by atoms with E-state index in [-0.39, 0.29) is 12.0 Å². The highest BCUT2D eigenvalue weighted by molar-refractivity contribution is 6.30. The summed E-state index contributed by atoms with van der Waals surface area (Å²) >= 11 is 6.31. The van der Waals surface area contributed by atoms with Crippen LogP contribution in [0.2, 0.25) is 5.02 Å². The second-order valence-electron chi connectivity index (χ2n) is 8.21. The van der Waals surface area contributed by atoms with Crippen molar-refractivity contribution in [3.8, 4) is 11.5 Å². The van der Waals surface area contributed by atoms with Crippen LogP contribution in [0.4, 0.5) is 0 Å². The molecule has 0 atom stereocenters.